The molecule has 0 aliphatic heterocycles. The fraction of sp³-hybridized carbons (Fsp3) is 0.312. The lowest BCUT2D eigenvalue weighted by atomic mass is 10.2. The molecule has 0 atom stereocenters. The van der Waals surface area contributed by atoms with Gasteiger partial charge in [0.15, 0.2) is 0 Å². The Morgan fingerprint density at radius 3 is 2.38 bits per heavy atom. The van der Waals surface area contributed by atoms with Gasteiger partial charge in [-0.25, -0.2) is 9.97 Å². The van der Waals surface area contributed by atoms with E-state index in [9.17, 15) is 0 Å². The van der Waals surface area contributed by atoms with Gasteiger partial charge in [0.25, 0.3) is 0 Å². The number of hydrogen-bond acceptors (Lipinski definition) is 5. The largest absolute Gasteiger partial charge is 0.373 e. The van der Waals surface area contributed by atoms with Gasteiger partial charge in [-0.3, -0.25) is 0 Å². The molecule has 0 unspecified atom stereocenters. The average molecular weight is 281 g/mol. The average Bonchev–Trinajstić information content (AvgIpc) is 2.53. The molecule has 0 spiro atoms. The summed E-state index contributed by atoms with van der Waals surface area (Å²) in [6.45, 7) is 4.14. The first-order valence-electron chi connectivity index (χ1n) is 6.85. The van der Waals surface area contributed by atoms with Gasteiger partial charge in [-0.1, -0.05) is 13.8 Å². The van der Waals surface area contributed by atoms with Crippen LogP contribution in [0.3, 0.4) is 0 Å². The van der Waals surface area contributed by atoms with Gasteiger partial charge in [0.1, 0.15) is 17.5 Å². The number of benzene rings is 1. The maximum Gasteiger partial charge on any atom is 0.138 e. The number of rotatable bonds is 4. The number of nitrogens with one attached hydrogen (secondary N) is 1. The molecule has 0 amide bonds. The van der Waals surface area contributed by atoms with Crippen LogP contribution in [0.25, 0.3) is 0 Å². The molecule has 21 heavy (non-hydrogen) atoms. The van der Waals surface area contributed by atoms with Crippen LogP contribution in [-0.4, -0.2) is 24.1 Å². The number of nitrogens with zero attached hydrogens (tertiary/aromatic N) is 4. The van der Waals surface area contributed by atoms with E-state index < -0.39 is 0 Å². The zero-order valence-corrected chi connectivity index (χ0v) is 12.8. The van der Waals surface area contributed by atoms with Gasteiger partial charge in [0, 0.05) is 31.8 Å². The molecule has 5 heteroatoms. The van der Waals surface area contributed by atoms with Crippen molar-refractivity contribution in [2.24, 2.45) is 0 Å². The topological polar surface area (TPSA) is 64.8 Å². The lowest BCUT2D eigenvalue weighted by molar-refractivity contribution is 0.773. The number of nitriles is 1. The number of anilines is 3. The van der Waals surface area contributed by atoms with Crippen LogP contribution in [0.15, 0.2) is 30.3 Å². The van der Waals surface area contributed by atoms with Crippen LogP contribution in [0.5, 0.6) is 0 Å². The predicted octanol–water partition coefficient (Wildman–Crippen LogP) is 3.28. The number of hydrogen-bond donors (Lipinski definition) is 1. The molecule has 0 aliphatic carbocycles. The SMILES string of the molecule is CNc1cc(N(C)c2ccc(C#N)cc2)nc(C(C)C)n1. The summed E-state index contributed by atoms with van der Waals surface area (Å²) in [5.41, 5.74) is 1.62. The highest BCUT2D eigenvalue weighted by Gasteiger charge is 2.11. The molecule has 0 aliphatic rings. The van der Waals surface area contributed by atoms with Crippen molar-refractivity contribution in [3.63, 3.8) is 0 Å². The third-order valence-corrected chi connectivity index (χ3v) is 3.23. The highest BCUT2D eigenvalue weighted by molar-refractivity contribution is 5.62. The van der Waals surface area contributed by atoms with E-state index in [-0.39, 0.29) is 5.92 Å². The lowest BCUT2D eigenvalue weighted by Gasteiger charge is -2.20. The van der Waals surface area contributed by atoms with Crippen LogP contribution >= 0.6 is 0 Å². The molecule has 0 fully saturated rings. The summed E-state index contributed by atoms with van der Waals surface area (Å²) in [4.78, 5) is 11.1. The summed E-state index contributed by atoms with van der Waals surface area (Å²) in [7, 11) is 3.80. The van der Waals surface area contributed by atoms with Gasteiger partial charge in [-0.2, -0.15) is 5.26 Å². The van der Waals surface area contributed by atoms with Gasteiger partial charge in [0.05, 0.1) is 11.6 Å². The molecule has 1 heterocycles. The molecule has 0 bridgehead atoms. The van der Waals surface area contributed by atoms with Gasteiger partial charge in [0.2, 0.25) is 0 Å². The first-order chi connectivity index (χ1) is 10.0. The van der Waals surface area contributed by atoms with Crippen molar-refractivity contribution in [3.8, 4) is 6.07 Å². The minimum absolute atomic E-state index is 0.256. The standard InChI is InChI=1S/C16H19N5/c1-11(2)16-19-14(18-3)9-15(20-16)21(4)13-7-5-12(10-17)6-8-13/h5-9,11H,1-4H3,(H,18,19,20). The third-order valence-electron chi connectivity index (χ3n) is 3.23. The minimum atomic E-state index is 0.256. The van der Waals surface area contributed by atoms with Gasteiger partial charge >= 0.3 is 0 Å². The molecule has 2 rings (SSSR count). The van der Waals surface area contributed by atoms with E-state index in [1.165, 1.54) is 0 Å². The van der Waals surface area contributed by atoms with Crippen molar-refractivity contribution in [2.75, 3.05) is 24.3 Å². The van der Waals surface area contributed by atoms with E-state index in [1.54, 1.807) is 12.1 Å². The zero-order chi connectivity index (χ0) is 15.4. The van der Waals surface area contributed by atoms with E-state index in [0.29, 0.717) is 5.56 Å². The Labute approximate surface area is 125 Å². The Bertz CT molecular complexity index is 655. The van der Waals surface area contributed by atoms with Crippen LogP contribution < -0.4 is 10.2 Å². The molecule has 2 aromatic rings. The second-order valence-electron chi connectivity index (χ2n) is 5.09. The Balaban J connectivity index is 2.39. The monoisotopic (exact) mass is 281 g/mol. The predicted molar refractivity (Wildman–Crippen MR) is 84.9 cm³/mol. The summed E-state index contributed by atoms with van der Waals surface area (Å²) in [6.07, 6.45) is 0. The maximum absolute atomic E-state index is 8.86. The molecule has 1 N–H and O–H groups in total. The molecular weight excluding hydrogens is 262 g/mol. The first-order valence-corrected chi connectivity index (χ1v) is 6.85. The Hall–Kier alpha value is -2.61. The van der Waals surface area contributed by atoms with E-state index in [1.807, 2.05) is 37.2 Å². The van der Waals surface area contributed by atoms with Crippen LogP contribution in [0, 0.1) is 11.3 Å². The first kappa shape index (κ1) is 14.8. The summed E-state index contributed by atoms with van der Waals surface area (Å²) in [5, 5.41) is 11.9. The maximum atomic E-state index is 8.86. The summed E-state index contributed by atoms with van der Waals surface area (Å²) in [6, 6.07) is 11.5. The highest BCUT2D eigenvalue weighted by atomic mass is 15.2. The fourth-order valence-corrected chi connectivity index (χ4v) is 1.90. The minimum Gasteiger partial charge on any atom is -0.373 e. The number of aromatic nitrogens is 2. The van der Waals surface area contributed by atoms with Crippen molar-refractivity contribution >= 4 is 17.3 Å². The van der Waals surface area contributed by atoms with Crippen molar-refractivity contribution in [1.82, 2.24) is 9.97 Å². The second-order valence-corrected chi connectivity index (χ2v) is 5.09. The Morgan fingerprint density at radius 2 is 1.86 bits per heavy atom. The Kier molecular flexibility index (Phi) is 4.39. The molecule has 5 nitrogen and oxygen atoms in total. The van der Waals surface area contributed by atoms with Crippen LogP contribution in [0.1, 0.15) is 31.2 Å². The smallest absolute Gasteiger partial charge is 0.138 e. The summed E-state index contributed by atoms with van der Waals surface area (Å²) in [5.74, 6) is 2.68. The van der Waals surface area contributed by atoms with Crippen LogP contribution in [-0.2, 0) is 0 Å². The summed E-state index contributed by atoms with van der Waals surface area (Å²) < 4.78 is 0. The third kappa shape index (κ3) is 3.29. The molecule has 108 valence electrons. The van der Waals surface area contributed by atoms with Crippen molar-refractivity contribution in [1.29, 1.82) is 5.26 Å². The fourth-order valence-electron chi connectivity index (χ4n) is 1.90. The lowest BCUT2D eigenvalue weighted by Crippen LogP contribution is -2.14. The van der Waals surface area contributed by atoms with E-state index in [4.69, 9.17) is 5.26 Å². The van der Waals surface area contributed by atoms with E-state index in [2.05, 4.69) is 35.2 Å². The molecule has 1 aromatic carbocycles. The van der Waals surface area contributed by atoms with Gasteiger partial charge < -0.3 is 10.2 Å². The normalized spacial score (nSPS) is 10.3. The zero-order valence-electron chi connectivity index (χ0n) is 12.8. The van der Waals surface area contributed by atoms with E-state index in [0.717, 1.165) is 23.1 Å². The second kappa shape index (κ2) is 6.23. The molecule has 1 aromatic heterocycles. The van der Waals surface area contributed by atoms with Crippen molar-refractivity contribution < 1.29 is 0 Å². The Morgan fingerprint density at radius 1 is 1.19 bits per heavy atom. The molecule has 0 saturated carbocycles. The molecular formula is C16H19N5. The highest BCUT2D eigenvalue weighted by Crippen LogP contribution is 2.25. The summed E-state index contributed by atoms with van der Waals surface area (Å²) >= 11 is 0. The van der Waals surface area contributed by atoms with E-state index >= 15 is 0 Å². The van der Waals surface area contributed by atoms with Crippen LogP contribution in [0.4, 0.5) is 17.3 Å². The van der Waals surface area contributed by atoms with Crippen molar-refractivity contribution in [2.45, 2.75) is 19.8 Å². The molecule has 0 saturated heterocycles. The molecule has 0 radical (unpaired) electrons. The van der Waals surface area contributed by atoms with Crippen molar-refractivity contribution in [3.05, 3.63) is 41.7 Å². The van der Waals surface area contributed by atoms with Gasteiger partial charge in [-0.15, -0.1) is 0 Å². The van der Waals surface area contributed by atoms with Gasteiger partial charge in [-0.05, 0) is 24.3 Å². The van der Waals surface area contributed by atoms with Crippen LogP contribution in [0.2, 0.25) is 0 Å². The quantitative estimate of drug-likeness (QED) is 0.931.